The van der Waals surface area contributed by atoms with Gasteiger partial charge in [0.1, 0.15) is 11.6 Å². The quantitative estimate of drug-likeness (QED) is 0.758. The van der Waals surface area contributed by atoms with Gasteiger partial charge in [0.15, 0.2) is 0 Å². The molecule has 3 aromatic rings. The third-order valence-electron chi connectivity index (χ3n) is 5.56. The van der Waals surface area contributed by atoms with Crippen molar-refractivity contribution in [2.24, 2.45) is 5.92 Å². The number of H-pyrrole nitrogens is 1. The van der Waals surface area contributed by atoms with E-state index >= 15 is 0 Å². The Hall–Kier alpha value is -3.40. The molecule has 0 saturated carbocycles. The Labute approximate surface area is 155 Å². The summed E-state index contributed by atoms with van der Waals surface area (Å²) in [5.74, 6) is 2.12. The third-order valence-corrected chi connectivity index (χ3v) is 5.56. The van der Waals surface area contributed by atoms with Gasteiger partial charge in [0, 0.05) is 49.8 Å². The van der Waals surface area contributed by atoms with E-state index in [-0.39, 0.29) is 11.5 Å². The second-order valence-electron chi connectivity index (χ2n) is 7.24. The van der Waals surface area contributed by atoms with Crippen molar-refractivity contribution in [2.75, 3.05) is 18.0 Å². The first kappa shape index (κ1) is 15.8. The Morgan fingerprint density at radius 2 is 2.07 bits per heavy atom. The number of aromatic amines is 1. The monoisotopic (exact) mass is 358 g/mol. The molecular weight excluding hydrogens is 340 g/mol. The first-order valence-corrected chi connectivity index (χ1v) is 9.07. The van der Waals surface area contributed by atoms with E-state index in [2.05, 4.69) is 32.0 Å². The fourth-order valence-corrected chi connectivity index (χ4v) is 4.39. The van der Waals surface area contributed by atoms with Crippen LogP contribution in [0.1, 0.15) is 23.6 Å². The Bertz CT molecular complexity index is 1090. The third kappa shape index (κ3) is 2.61. The SMILES string of the molecule is N#Cc1ccnc(N2C[C@@H]3C[C@H](C2)c2ccc(-c4ncc[nH]4)c(=O)n2C3)c1. The normalized spacial score (nSPS) is 20.8. The van der Waals surface area contributed by atoms with Crippen molar-refractivity contribution in [3.05, 3.63) is 64.5 Å². The van der Waals surface area contributed by atoms with Crippen molar-refractivity contribution in [1.29, 1.82) is 5.26 Å². The van der Waals surface area contributed by atoms with Crippen LogP contribution in [0.15, 0.2) is 47.7 Å². The maximum absolute atomic E-state index is 13.0. The van der Waals surface area contributed by atoms with Crippen LogP contribution in [0.5, 0.6) is 0 Å². The summed E-state index contributed by atoms with van der Waals surface area (Å²) in [5, 5.41) is 9.14. The molecule has 2 atom stereocenters. The van der Waals surface area contributed by atoms with E-state index in [1.165, 1.54) is 0 Å². The number of rotatable bonds is 2. The molecule has 2 bridgehead atoms. The summed E-state index contributed by atoms with van der Waals surface area (Å²) in [4.78, 5) is 27.0. The number of nitrogens with zero attached hydrogens (tertiary/aromatic N) is 5. The lowest BCUT2D eigenvalue weighted by atomic mass is 9.83. The number of imidazole rings is 1. The zero-order chi connectivity index (χ0) is 18.4. The lowest BCUT2D eigenvalue weighted by Crippen LogP contribution is -2.47. The zero-order valence-corrected chi connectivity index (χ0v) is 14.7. The summed E-state index contributed by atoms with van der Waals surface area (Å²) in [7, 11) is 0. The van der Waals surface area contributed by atoms with Crippen LogP contribution in [0.3, 0.4) is 0 Å². The summed E-state index contributed by atoms with van der Waals surface area (Å²) < 4.78 is 1.92. The van der Waals surface area contributed by atoms with Crippen molar-refractivity contribution in [3.8, 4) is 17.5 Å². The highest BCUT2D eigenvalue weighted by molar-refractivity contribution is 5.54. The maximum atomic E-state index is 13.0. The topological polar surface area (TPSA) is 90.6 Å². The molecule has 5 heterocycles. The smallest absolute Gasteiger partial charge is 0.261 e. The van der Waals surface area contributed by atoms with Crippen LogP contribution in [0.4, 0.5) is 5.82 Å². The molecule has 3 aromatic heterocycles. The lowest BCUT2D eigenvalue weighted by Gasteiger charge is -2.43. The average molecular weight is 358 g/mol. The van der Waals surface area contributed by atoms with E-state index < -0.39 is 0 Å². The molecule has 7 nitrogen and oxygen atoms in total. The molecule has 7 heteroatoms. The highest BCUT2D eigenvalue weighted by Gasteiger charge is 2.35. The Morgan fingerprint density at radius 3 is 2.89 bits per heavy atom. The van der Waals surface area contributed by atoms with Gasteiger partial charge in [-0.2, -0.15) is 5.26 Å². The van der Waals surface area contributed by atoms with Gasteiger partial charge in [0.25, 0.3) is 5.56 Å². The molecule has 1 saturated heterocycles. The number of aromatic nitrogens is 4. The molecule has 0 unspecified atom stereocenters. The minimum Gasteiger partial charge on any atom is -0.356 e. The van der Waals surface area contributed by atoms with Crippen LogP contribution >= 0.6 is 0 Å². The van der Waals surface area contributed by atoms with Crippen LogP contribution < -0.4 is 10.5 Å². The zero-order valence-electron chi connectivity index (χ0n) is 14.7. The number of hydrogen-bond donors (Lipinski definition) is 1. The molecular formula is C20H18N6O. The van der Waals surface area contributed by atoms with Crippen LogP contribution in [0.2, 0.25) is 0 Å². The van der Waals surface area contributed by atoms with E-state index in [4.69, 9.17) is 5.26 Å². The molecule has 27 heavy (non-hydrogen) atoms. The molecule has 0 radical (unpaired) electrons. The Morgan fingerprint density at radius 1 is 1.15 bits per heavy atom. The number of anilines is 1. The van der Waals surface area contributed by atoms with Crippen molar-refractivity contribution in [1.82, 2.24) is 19.5 Å². The molecule has 134 valence electrons. The summed E-state index contributed by atoms with van der Waals surface area (Å²) in [6, 6.07) is 9.68. The highest BCUT2D eigenvalue weighted by atomic mass is 16.1. The molecule has 0 aliphatic carbocycles. The van der Waals surface area contributed by atoms with E-state index in [1.54, 1.807) is 24.7 Å². The molecule has 0 aromatic carbocycles. The van der Waals surface area contributed by atoms with Gasteiger partial charge in [-0.25, -0.2) is 9.97 Å². The number of fused-ring (bicyclic) bond motifs is 4. The van der Waals surface area contributed by atoms with Gasteiger partial charge in [-0.05, 0) is 36.6 Å². The molecule has 1 N–H and O–H groups in total. The molecule has 1 fully saturated rings. The lowest BCUT2D eigenvalue weighted by molar-refractivity contribution is 0.281. The maximum Gasteiger partial charge on any atom is 0.261 e. The van der Waals surface area contributed by atoms with Crippen molar-refractivity contribution >= 4 is 5.82 Å². The van der Waals surface area contributed by atoms with Crippen molar-refractivity contribution in [2.45, 2.75) is 18.9 Å². The minimum absolute atomic E-state index is 0.0233. The number of piperidine rings is 1. The summed E-state index contributed by atoms with van der Waals surface area (Å²) in [6.45, 7) is 2.35. The van der Waals surface area contributed by atoms with Crippen LogP contribution in [-0.4, -0.2) is 32.6 Å². The first-order valence-electron chi connectivity index (χ1n) is 9.07. The number of nitriles is 1. The van der Waals surface area contributed by atoms with Gasteiger partial charge >= 0.3 is 0 Å². The number of pyridine rings is 2. The molecule has 5 rings (SSSR count). The van der Waals surface area contributed by atoms with E-state index in [9.17, 15) is 4.79 Å². The molecule has 0 amide bonds. The second-order valence-corrected chi connectivity index (χ2v) is 7.24. The fraction of sp³-hybridized carbons (Fsp3) is 0.300. The largest absolute Gasteiger partial charge is 0.356 e. The molecule has 0 spiro atoms. The second kappa shape index (κ2) is 6.09. The van der Waals surface area contributed by atoms with Gasteiger partial charge in [0.05, 0.1) is 17.2 Å². The van der Waals surface area contributed by atoms with E-state index in [1.807, 2.05) is 16.7 Å². The average Bonchev–Trinajstić information content (AvgIpc) is 3.23. The fourth-order valence-electron chi connectivity index (χ4n) is 4.39. The Balaban J connectivity index is 1.50. The summed E-state index contributed by atoms with van der Waals surface area (Å²) in [5.41, 5.74) is 2.34. The van der Waals surface area contributed by atoms with Crippen LogP contribution in [-0.2, 0) is 6.54 Å². The van der Waals surface area contributed by atoms with Gasteiger partial charge in [-0.3, -0.25) is 4.79 Å². The molecule has 2 aliphatic heterocycles. The predicted octanol–water partition coefficient (Wildman–Crippen LogP) is 2.13. The van der Waals surface area contributed by atoms with Crippen LogP contribution in [0.25, 0.3) is 11.4 Å². The summed E-state index contributed by atoms with van der Waals surface area (Å²) >= 11 is 0. The van der Waals surface area contributed by atoms with E-state index in [0.29, 0.717) is 29.4 Å². The molecule has 2 aliphatic rings. The Kier molecular flexibility index (Phi) is 3.57. The predicted molar refractivity (Wildman–Crippen MR) is 100 cm³/mol. The van der Waals surface area contributed by atoms with Gasteiger partial charge in [0.2, 0.25) is 0 Å². The first-order chi connectivity index (χ1) is 13.2. The van der Waals surface area contributed by atoms with Gasteiger partial charge in [-0.1, -0.05) is 0 Å². The van der Waals surface area contributed by atoms with Crippen LogP contribution in [0, 0.1) is 17.2 Å². The minimum atomic E-state index is 0.0233. The van der Waals surface area contributed by atoms with Crippen molar-refractivity contribution < 1.29 is 0 Å². The van der Waals surface area contributed by atoms with Gasteiger partial charge < -0.3 is 14.5 Å². The standard InChI is InChI=1S/C20H18N6O/c21-9-13-3-4-22-18(8-13)25-10-14-7-15(12-25)17-2-1-16(19-23-5-6-24-19)20(27)26(17)11-14/h1-6,8,14-15H,7,10-12H2,(H,23,24)/t14-,15+/m0/s1. The van der Waals surface area contributed by atoms with E-state index in [0.717, 1.165) is 31.0 Å². The van der Waals surface area contributed by atoms with Gasteiger partial charge in [-0.15, -0.1) is 0 Å². The highest BCUT2D eigenvalue weighted by Crippen LogP contribution is 2.37. The number of nitrogens with one attached hydrogen (secondary N) is 1. The number of hydrogen-bond acceptors (Lipinski definition) is 5. The van der Waals surface area contributed by atoms with Crippen molar-refractivity contribution in [3.63, 3.8) is 0 Å². The summed E-state index contributed by atoms with van der Waals surface area (Å²) in [6.07, 6.45) is 6.15.